The predicted octanol–water partition coefficient (Wildman–Crippen LogP) is 3.89. The molecule has 1 amide bonds. The number of amides is 1. The molecule has 1 aliphatic heterocycles. The molecule has 7 heteroatoms. The van der Waals surface area contributed by atoms with Crippen LogP contribution in [-0.2, 0) is 20.8 Å². The van der Waals surface area contributed by atoms with E-state index in [2.05, 4.69) is 0 Å². The average Bonchev–Trinajstić information content (AvgIpc) is 2.99. The third kappa shape index (κ3) is 4.66. The first-order chi connectivity index (χ1) is 15.1. The van der Waals surface area contributed by atoms with E-state index < -0.39 is 23.7 Å². The first kappa shape index (κ1) is 23.1. The number of nitrogens with zero attached hydrogens (tertiary/aromatic N) is 2. The van der Waals surface area contributed by atoms with Crippen LogP contribution in [0.4, 0.5) is 11.4 Å². The first-order valence-corrected chi connectivity index (χ1v) is 10.5. The van der Waals surface area contributed by atoms with Crippen LogP contribution in [0.3, 0.4) is 0 Å². The van der Waals surface area contributed by atoms with Gasteiger partial charge in [-0.1, -0.05) is 38.1 Å². The van der Waals surface area contributed by atoms with Crippen molar-refractivity contribution in [1.82, 2.24) is 0 Å². The van der Waals surface area contributed by atoms with Crippen molar-refractivity contribution in [3.63, 3.8) is 0 Å². The number of aliphatic carboxylic acids is 1. The topological polar surface area (TPSA) is 98.2 Å². The highest BCUT2D eigenvalue weighted by Crippen LogP contribution is 2.42. The Morgan fingerprint density at radius 3 is 2.12 bits per heavy atom. The molecule has 0 fully saturated rings. The fourth-order valence-corrected chi connectivity index (χ4v) is 3.86. The predicted molar refractivity (Wildman–Crippen MR) is 123 cm³/mol. The van der Waals surface area contributed by atoms with Crippen molar-refractivity contribution < 1.29 is 24.6 Å². The number of aliphatic hydroxyl groups excluding tert-OH is 1. The lowest BCUT2D eigenvalue weighted by molar-refractivity contribution is -0.136. The van der Waals surface area contributed by atoms with Gasteiger partial charge in [0, 0.05) is 31.9 Å². The minimum atomic E-state index is -0.949. The van der Waals surface area contributed by atoms with E-state index >= 15 is 0 Å². The van der Waals surface area contributed by atoms with E-state index in [0.717, 1.165) is 5.69 Å². The highest BCUT2D eigenvalue weighted by Gasteiger charge is 2.44. The number of Topliss-reactive ketones (excluding diaryl/α,β-unsaturated/α-hetero) is 1. The molecule has 0 aromatic heterocycles. The molecule has 1 aliphatic rings. The summed E-state index contributed by atoms with van der Waals surface area (Å²) in [5.74, 6) is -2.33. The third-order valence-electron chi connectivity index (χ3n) is 5.40. The Morgan fingerprint density at radius 2 is 1.62 bits per heavy atom. The van der Waals surface area contributed by atoms with Gasteiger partial charge in [-0.2, -0.15) is 0 Å². The summed E-state index contributed by atoms with van der Waals surface area (Å²) in [5, 5.41) is 19.7. The number of aliphatic hydroxyl groups is 1. The van der Waals surface area contributed by atoms with Gasteiger partial charge < -0.3 is 15.1 Å². The van der Waals surface area contributed by atoms with Crippen LogP contribution in [0.25, 0.3) is 0 Å². The molecule has 2 N–H and O–H groups in total. The molecular weight excluding hydrogens is 408 g/mol. The monoisotopic (exact) mass is 436 g/mol. The van der Waals surface area contributed by atoms with Crippen LogP contribution in [0.2, 0.25) is 0 Å². The van der Waals surface area contributed by atoms with E-state index in [1.807, 2.05) is 57.1 Å². The average molecular weight is 437 g/mol. The summed E-state index contributed by atoms with van der Waals surface area (Å²) in [6.07, 6.45) is 0.0790. The molecule has 0 bridgehead atoms. The molecule has 0 spiro atoms. The number of anilines is 2. The Morgan fingerprint density at radius 1 is 1.03 bits per heavy atom. The van der Waals surface area contributed by atoms with Gasteiger partial charge in [-0.15, -0.1) is 0 Å². The maximum absolute atomic E-state index is 13.1. The molecule has 1 unspecified atom stereocenters. The fourth-order valence-electron chi connectivity index (χ4n) is 3.86. The number of carbonyl (C=O) groups excluding carboxylic acids is 2. The van der Waals surface area contributed by atoms with Crippen molar-refractivity contribution in [2.75, 3.05) is 23.9 Å². The van der Waals surface area contributed by atoms with Gasteiger partial charge >= 0.3 is 5.97 Å². The van der Waals surface area contributed by atoms with E-state index in [-0.39, 0.29) is 30.1 Å². The Labute approximate surface area is 187 Å². The van der Waals surface area contributed by atoms with Crippen LogP contribution in [0.5, 0.6) is 0 Å². The van der Waals surface area contributed by atoms with Crippen molar-refractivity contribution >= 4 is 29.0 Å². The van der Waals surface area contributed by atoms with Crippen molar-refractivity contribution in [3.8, 4) is 0 Å². The molecular formula is C25H28N2O5. The van der Waals surface area contributed by atoms with Gasteiger partial charge in [0.05, 0.1) is 18.0 Å². The van der Waals surface area contributed by atoms with Crippen molar-refractivity contribution in [3.05, 3.63) is 71.0 Å². The SMILES string of the molecule is CC(C)CC(=O)C1=C(O)C(=O)N(c2ccc(CC(=O)O)cc2)C1c1ccc(N(C)C)cc1. The number of carboxylic acid groups (broad SMARTS) is 1. The van der Waals surface area contributed by atoms with Gasteiger partial charge in [-0.3, -0.25) is 19.3 Å². The third-order valence-corrected chi connectivity index (χ3v) is 5.40. The number of rotatable bonds is 8. The Balaban J connectivity index is 2.07. The summed E-state index contributed by atoms with van der Waals surface area (Å²) < 4.78 is 0. The van der Waals surface area contributed by atoms with Gasteiger partial charge in [0.25, 0.3) is 5.91 Å². The van der Waals surface area contributed by atoms with Crippen molar-refractivity contribution in [1.29, 1.82) is 0 Å². The lowest BCUT2D eigenvalue weighted by atomic mass is 9.92. The molecule has 1 atom stereocenters. The zero-order valence-corrected chi connectivity index (χ0v) is 18.7. The highest BCUT2D eigenvalue weighted by atomic mass is 16.4. The van der Waals surface area contributed by atoms with Crippen LogP contribution in [0, 0.1) is 5.92 Å². The van der Waals surface area contributed by atoms with Crippen LogP contribution in [0.15, 0.2) is 59.9 Å². The summed E-state index contributed by atoms with van der Waals surface area (Å²) in [4.78, 5) is 40.5. The highest BCUT2D eigenvalue weighted by molar-refractivity contribution is 6.16. The molecule has 0 aliphatic carbocycles. The van der Waals surface area contributed by atoms with Gasteiger partial charge in [0.2, 0.25) is 0 Å². The number of ketones is 1. The minimum Gasteiger partial charge on any atom is -0.503 e. The summed E-state index contributed by atoms with van der Waals surface area (Å²) in [6.45, 7) is 3.82. The van der Waals surface area contributed by atoms with Gasteiger partial charge in [0.15, 0.2) is 11.5 Å². The zero-order valence-electron chi connectivity index (χ0n) is 18.7. The standard InChI is InChI=1S/C25H28N2O5/c1-15(2)13-20(28)22-23(17-7-11-18(12-8-17)26(3)4)27(25(32)24(22)31)19-9-5-16(6-10-19)14-21(29)30/h5-12,15,23,31H,13-14H2,1-4H3,(H,29,30). The molecule has 3 rings (SSSR count). The maximum Gasteiger partial charge on any atom is 0.307 e. The summed E-state index contributed by atoms with van der Waals surface area (Å²) >= 11 is 0. The van der Waals surface area contributed by atoms with E-state index in [4.69, 9.17) is 5.11 Å². The normalized spacial score (nSPS) is 16.1. The van der Waals surface area contributed by atoms with Crippen molar-refractivity contribution in [2.24, 2.45) is 5.92 Å². The van der Waals surface area contributed by atoms with Gasteiger partial charge in [-0.25, -0.2) is 0 Å². The van der Waals surface area contributed by atoms with E-state index in [1.165, 1.54) is 4.90 Å². The number of hydrogen-bond acceptors (Lipinski definition) is 5. The van der Waals surface area contributed by atoms with Crippen LogP contribution in [0.1, 0.15) is 37.4 Å². The second-order valence-electron chi connectivity index (χ2n) is 8.58. The second-order valence-corrected chi connectivity index (χ2v) is 8.58. The minimum absolute atomic E-state index is 0.0685. The zero-order chi connectivity index (χ0) is 23.6. The van der Waals surface area contributed by atoms with Gasteiger partial charge in [0.1, 0.15) is 0 Å². The molecule has 2 aromatic rings. The molecule has 1 heterocycles. The number of carboxylic acids is 1. The maximum atomic E-state index is 13.1. The van der Waals surface area contributed by atoms with Crippen LogP contribution < -0.4 is 9.80 Å². The van der Waals surface area contributed by atoms with Crippen LogP contribution >= 0.6 is 0 Å². The van der Waals surface area contributed by atoms with E-state index in [1.54, 1.807) is 24.3 Å². The van der Waals surface area contributed by atoms with E-state index in [0.29, 0.717) is 16.8 Å². The summed E-state index contributed by atoms with van der Waals surface area (Å²) in [7, 11) is 3.84. The van der Waals surface area contributed by atoms with Crippen molar-refractivity contribution in [2.45, 2.75) is 32.7 Å². The molecule has 168 valence electrons. The fraction of sp³-hybridized carbons (Fsp3) is 0.320. The van der Waals surface area contributed by atoms with E-state index in [9.17, 15) is 19.5 Å². The number of hydrogen-bond donors (Lipinski definition) is 2. The van der Waals surface area contributed by atoms with Crippen LogP contribution in [-0.4, -0.2) is 42.0 Å². The lowest BCUT2D eigenvalue weighted by Gasteiger charge is -2.27. The number of benzene rings is 2. The summed E-state index contributed by atoms with van der Waals surface area (Å²) in [6, 6.07) is 13.3. The Bertz CT molecular complexity index is 1050. The smallest absolute Gasteiger partial charge is 0.307 e. The quantitative estimate of drug-likeness (QED) is 0.651. The molecule has 32 heavy (non-hydrogen) atoms. The molecule has 0 saturated carbocycles. The summed E-state index contributed by atoms with van der Waals surface area (Å²) in [5.41, 5.74) is 2.83. The molecule has 7 nitrogen and oxygen atoms in total. The molecule has 0 radical (unpaired) electrons. The second kappa shape index (κ2) is 9.26. The Kier molecular flexibility index (Phi) is 6.67. The molecule has 0 saturated heterocycles. The lowest BCUT2D eigenvalue weighted by Crippen LogP contribution is -2.31. The molecule has 2 aromatic carbocycles. The first-order valence-electron chi connectivity index (χ1n) is 10.5. The van der Waals surface area contributed by atoms with Gasteiger partial charge in [-0.05, 0) is 41.3 Å². The Hall–Kier alpha value is -3.61. The number of carbonyl (C=O) groups is 3. The largest absolute Gasteiger partial charge is 0.503 e.